The summed E-state index contributed by atoms with van der Waals surface area (Å²) in [7, 11) is 0. The summed E-state index contributed by atoms with van der Waals surface area (Å²) in [5.41, 5.74) is 8.36. The van der Waals surface area contributed by atoms with Crippen LogP contribution in [0.5, 0.6) is 0 Å². The van der Waals surface area contributed by atoms with Gasteiger partial charge in [-0.05, 0) is 50.3 Å². The summed E-state index contributed by atoms with van der Waals surface area (Å²) in [6, 6.07) is 9.44. The first-order chi connectivity index (χ1) is 12.6. The van der Waals surface area contributed by atoms with Crippen LogP contribution in [0.15, 0.2) is 35.5 Å². The molecule has 7 heteroatoms. The van der Waals surface area contributed by atoms with Crippen LogP contribution in [0, 0.1) is 0 Å². The molecule has 26 heavy (non-hydrogen) atoms. The summed E-state index contributed by atoms with van der Waals surface area (Å²) >= 11 is 3.06. The second-order valence-corrected chi connectivity index (χ2v) is 8.79. The first-order valence-electron chi connectivity index (χ1n) is 8.72. The molecule has 1 amide bonds. The maximum Gasteiger partial charge on any atom is 0.237 e. The molecule has 0 saturated heterocycles. The van der Waals surface area contributed by atoms with Crippen molar-refractivity contribution in [2.24, 2.45) is 0 Å². The molecule has 0 fully saturated rings. The molecule has 3 aromatic rings. The molecule has 1 unspecified atom stereocenters. The minimum Gasteiger partial charge on any atom is -0.383 e. The highest BCUT2D eigenvalue weighted by molar-refractivity contribution is 8.00. The van der Waals surface area contributed by atoms with Crippen molar-refractivity contribution in [3.63, 3.8) is 0 Å². The molecule has 0 saturated carbocycles. The van der Waals surface area contributed by atoms with Gasteiger partial charge in [0.25, 0.3) is 0 Å². The van der Waals surface area contributed by atoms with Crippen molar-refractivity contribution >= 4 is 50.7 Å². The molecule has 0 aliphatic heterocycles. The van der Waals surface area contributed by atoms with Gasteiger partial charge in [0, 0.05) is 10.6 Å². The fourth-order valence-corrected chi connectivity index (χ4v) is 5.30. The lowest BCUT2D eigenvalue weighted by molar-refractivity contribution is -0.115. The van der Waals surface area contributed by atoms with Gasteiger partial charge in [0.2, 0.25) is 5.91 Å². The van der Waals surface area contributed by atoms with Crippen molar-refractivity contribution in [3.05, 3.63) is 40.8 Å². The molecule has 2 aromatic heterocycles. The minimum absolute atomic E-state index is 0.0751. The number of hydrogen-bond acceptors (Lipinski definition) is 6. The van der Waals surface area contributed by atoms with Crippen molar-refractivity contribution in [2.45, 2.75) is 43.0 Å². The Morgan fingerprint density at radius 3 is 2.81 bits per heavy atom. The smallest absolute Gasteiger partial charge is 0.237 e. The Labute approximate surface area is 160 Å². The number of nitrogen functional groups attached to an aromatic ring is 1. The number of para-hydroxylation sites is 1. The van der Waals surface area contributed by atoms with E-state index in [2.05, 4.69) is 15.3 Å². The van der Waals surface area contributed by atoms with E-state index in [1.54, 1.807) is 11.3 Å². The maximum absolute atomic E-state index is 12.4. The molecular weight excluding hydrogens is 364 g/mol. The number of thioether (sulfide) groups is 1. The molecule has 0 spiro atoms. The largest absolute Gasteiger partial charge is 0.383 e. The average molecular weight is 385 g/mol. The zero-order valence-corrected chi connectivity index (χ0v) is 16.1. The quantitative estimate of drug-likeness (QED) is 0.518. The normalized spacial score (nSPS) is 14.8. The van der Waals surface area contributed by atoms with Crippen molar-refractivity contribution in [2.75, 3.05) is 11.1 Å². The first kappa shape index (κ1) is 17.3. The highest BCUT2D eigenvalue weighted by Crippen LogP contribution is 2.38. The number of amides is 1. The van der Waals surface area contributed by atoms with Crippen LogP contribution < -0.4 is 11.1 Å². The highest BCUT2D eigenvalue weighted by Gasteiger charge is 2.22. The summed E-state index contributed by atoms with van der Waals surface area (Å²) in [5, 5.41) is 4.17. The zero-order chi connectivity index (χ0) is 18.1. The fraction of sp³-hybridized carbons (Fsp3) is 0.316. The third-order valence-electron chi connectivity index (χ3n) is 4.51. The second kappa shape index (κ2) is 7.25. The molecule has 0 radical (unpaired) electrons. The predicted octanol–water partition coefficient (Wildman–Crippen LogP) is 4.27. The number of hydrogen-bond donors (Lipinski definition) is 2. The van der Waals surface area contributed by atoms with E-state index >= 15 is 0 Å². The van der Waals surface area contributed by atoms with Crippen LogP contribution in [0.1, 0.15) is 30.2 Å². The van der Waals surface area contributed by atoms with Gasteiger partial charge in [-0.25, -0.2) is 9.97 Å². The Kier molecular flexibility index (Phi) is 4.82. The van der Waals surface area contributed by atoms with Gasteiger partial charge in [-0.1, -0.05) is 30.0 Å². The number of anilines is 2. The number of fused-ring (bicyclic) bond motifs is 3. The number of rotatable bonds is 4. The lowest BCUT2D eigenvalue weighted by atomic mass is 9.97. The zero-order valence-electron chi connectivity index (χ0n) is 14.5. The standard InChI is InChI=1S/C19H20N4OS2/c1-11(17(24)21-12-7-3-2-4-8-12)25-19-22-16(20)15-13-9-5-6-10-14(13)26-18(15)23-19/h2-4,7-8,11H,5-6,9-10H2,1H3,(H,21,24)(H2,20,22,23). The van der Waals surface area contributed by atoms with E-state index in [1.807, 2.05) is 37.3 Å². The molecule has 0 bridgehead atoms. The van der Waals surface area contributed by atoms with E-state index in [0.29, 0.717) is 11.0 Å². The number of aryl methyl sites for hydroxylation is 2. The minimum atomic E-state index is -0.318. The lowest BCUT2D eigenvalue weighted by Crippen LogP contribution is -2.22. The Balaban J connectivity index is 1.54. The van der Waals surface area contributed by atoms with E-state index in [1.165, 1.54) is 35.0 Å². The van der Waals surface area contributed by atoms with Crippen LogP contribution >= 0.6 is 23.1 Å². The third kappa shape index (κ3) is 3.41. The number of carbonyl (C=O) groups is 1. The van der Waals surface area contributed by atoms with E-state index in [4.69, 9.17) is 5.73 Å². The Bertz CT molecular complexity index is 955. The van der Waals surface area contributed by atoms with E-state index < -0.39 is 0 Å². The van der Waals surface area contributed by atoms with Crippen LogP contribution in [0.2, 0.25) is 0 Å². The molecule has 3 N–H and O–H groups in total. The summed E-state index contributed by atoms with van der Waals surface area (Å²) in [6.45, 7) is 1.85. The number of aromatic nitrogens is 2. The second-order valence-electron chi connectivity index (χ2n) is 6.40. The summed E-state index contributed by atoms with van der Waals surface area (Å²) < 4.78 is 0. The fourth-order valence-electron chi connectivity index (χ4n) is 3.19. The Morgan fingerprint density at radius 2 is 2.00 bits per heavy atom. The van der Waals surface area contributed by atoms with Crippen LogP contribution in [-0.4, -0.2) is 21.1 Å². The Hall–Kier alpha value is -2.12. The van der Waals surface area contributed by atoms with Gasteiger partial charge < -0.3 is 11.1 Å². The van der Waals surface area contributed by atoms with Gasteiger partial charge in [-0.15, -0.1) is 11.3 Å². The van der Waals surface area contributed by atoms with E-state index in [0.717, 1.165) is 28.7 Å². The molecular formula is C19H20N4OS2. The summed E-state index contributed by atoms with van der Waals surface area (Å²) in [4.78, 5) is 23.9. The van der Waals surface area contributed by atoms with Crippen molar-refractivity contribution in [1.29, 1.82) is 0 Å². The van der Waals surface area contributed by atoms with Crippen LogP contribution in [0.4, 0.5) is 11.5 Å². The third-order valence-corrected chi connectivity index (χ3v) is 6.66. The highest BCUT2D eigenvalue weighted by atomic mass is 32.2. The Morgan fingerprint density at radius 1 is 1.23 bits per heavy atom. The van der Waals surface area contributed by atoms with Crippen molar-refractivity contribution in [3.8, 4) is 0 Å². The average Bonchev–Trinajstić information content (AvgIpc) is 3.01. The molecule has 5 nitrogen and oxygen atoms in total. The number of thiophene rings is 1. The van der Waals surface area contributed by atoms with Gasteiger partial charge in [0.05, 0.1) is 10.6 Å². The number of nitrogens with one attached hydrogen (secondary N) is 1. The summed E-state index contributed by atoms with van der Waals surface area (Å²) in [5.74, 6) is 0.460. The lowest BCUT2D eigenvalue weighted by Gasteiger charge is -2.12. The SMILES string of the molecule is CC(Sc1nc(N)c2c3c(sc2n1)CCCC3)C(=O)Nc1ccccc1. The monoisotopic (exact) mass is 384 g/mol. The van der Waals surface area contributed by atoms with Crippen LogP contribution in [0.3, 0.4) is 0 Å². The summed E-state index contributed by atoms with van der Waals surface area (Å²) in [6.07, 6.45) is 4.59. The van der Waals surface area contributed by atoms with Gasteiger partial charge in [0.1, 0.15) is 10.6 Å². The molecule has 1 atom stereocenters. The molecule has 1 aliphatic carbocycles. The molecule has 2 heterocycles. The first-order valence-corrected chi connectivity index (χ1v) is 10.4. The van der Waals surface area contributed by atoms with Crippen molar-refractivity contribution < 1.29 is 4.79 Å². The predicted molar refractivity (Wildman–Crippen MR) is 109 cm³/mol. The van der Waals surface area contributed by atoms with Crippen molar-refractivity contribution in [1.82, 2.24) is 9.97 Å². The van der Waals surface area contributed by atoms with E-state index in [-0.39, 0.29) is 11.2 Å². The van der Waals surface area contributed by atoms with Gasteiger partial charge >= 0.3 is 0 Å². The van der Waals surface area contributed by atoms with Gasteiger partial charge in [-0.2, -0.15) is 0 Å². The maximum atomic E-state index is 12.4. The number of benzene rings is 1. The molecule has 4 rings (SSSR count). The number of carbonyl (C=O) groups excluding carboxylic acids is 1. The van der Waals surface area contributed by atoms with Crippen LogP contribution in [-0.2, 0) is 17.6 Å². The van der Waals surface area contributed by atoms with E-state index in [9.17, 15) is 4.79 Å². The topological polar surface area (TPSA) is 80.9 Å². The van der Waals surface area contributed by atoms with Gasteiger partial charge in [0.15, 0.2) is 5.16 Å². The number of nitrogens with zero attached hydrogens (tertiary/aromatic N) is 2. The molecule has 1 aromatic carbocycles. The van der Waals surface area contributed by atoms with Crippen LogP contribution in [0.25, 0.3) is 10.2 Å². The molecule has 1 aliphatic rings. The number of nitrogens with two attached hydrogens (primary N) is 1. The van der Waals surface area contributed by atoms with Gasteiger partial charge in [-0.3, -0.25) is 4.79 Å². The molecule has 134 valence electrons.